The molecule has 0 spiro atoms. The van der Waals surface area contributed by atoms with E-state index >= 15 is 0 Å². The second-order valence-electron chi connectivity index (χ2n) is 5.79. The summed E-state index contributed by atoms with van der Waals surface area (Å²) >= 11 is 1.47. The molecule has 0 radical (unpaired) electrons. The molecular formula is C18H21N3O2S. The normalized spacial score (nSPS) is 11.3. The van der Waals surface area contributed by atoms with Gasteiger partial charge in [-0.3, -0.25) is 9.20 Å². The zero-order valence-electron chi connectivity index (χ0n) is 13.9. The third-order valence-electron chi connectivity index (χ3n) is 3.57. The van der Waals surface area contributed by atoms with Gasteiger partial charge >= 0.3 is 0 Å². The lowest BCUT2D eigenvalue weighted by molar-refractivity contribution is 0.0756. The van der Waals surface area contributed by atoms with Crippen molar-refractivity contribution in [3.8, 4) is 11.3 Å². The molecule has 0 unspecified atom stereocenters. The summed E-state index contributed by atoms with van der Waals surface area (Å²) in [5, 5.41) is 4.78. The van der Waals surface area contributed by atoms with Crippen LogP contribution in [-0.4, -0.2) is 34.5 Å². The highest BCUT2D eigenvalue weighted by molar-refractivity contribution is 7.15. The second kappa shape index (κ2) is 7.59. The zero-order valence-corrected chi connectivity index (χ0v) is 14.7. The number of carbonyl (C=O) groups excluding carboxylic acids is 1. The number of amides is 1. The molecule has 2 aromatic heterocycles. The van der Waals surface area contributed by atoms with Gasteiger partial charge < -0.3 is 10.1 Å². The van der Waals surface area contributed by atoms with Crippen molar-refractivity contribution in [3.63, 3.8) is 0 Å². The molecule has 126 valence electrons. The largest absolute Gasteiger partial charge is 0.379 e. The van der Waals surface area contributed by atoms with Crippen molar-refractivity contribution in [2.24, 2.45) is 0 Å². The first-order chi connectivity index (χ1) is 11.6. The number of thiazole rings is 1. The maximum absolute atomic E-state index is 12.4. The highest BCUT2D eigenvalue weighted by Gasteiger charge is 2.14. The Morgan fingerprint density at radius 2 is 2.12 bits per heavy atom. The lowest BCUT2D eigenvalue weighted by atomic mass is 10.2. The van der Waals surface area contributed by atoms with E-state index in [2.05, 4.69) is 10.3 Å². The van der Waals surface area contributed by atoms with E-state index in [4.69, 9.17) is 4.74 Å². The number of nitrogens with one attached hydrogen (secondary N) is 1. The summed E-state index contributed by atoms with van der Waals surface area (Å²) < 4.78 is 7.33. The van der Waals surface area contributed by atoms with E-state index in [0.717, 1.165) is 22.6 Å². The number of fused-ring (bicyclic) bond motifs is 1. The number of hydrogen-bond donors (Lipinski definition) is 1. The number of rotatable bonds is 7. The van der Waals surface area contributed by atoms with Crippen LogP contribution in [0.3, 0.4) is 0 Å². The minimum Gasteiger partial charge on any atom is -0.379 e. The van der Waals surface area contributed by atoms with Gasteiger partial charge in [0.1, 0.15) is 5.69 Å². The first-order valence-electron chi connectivity index (χ1n) is 8.07. The lowest BCUT2D eigenvalue weighted by Crippen LogP contribution is -2.26. The van der Waals surface area contributed by atoms with Gasteiger partial charge in [-0.2, -0.15) is 0 Å². The Kier molecular flexibility index (Phi) is 5.27. The highest BCUT2D eigenvalue weighted by atomic mass is 32.1. The molecule has 0 aliphatic heterocycles. The molecule has 0 saturated heterocycles. The summed E-state index contributed by atoms with van der Waals surface area (Å²) in [7, 11) is 0. The van der Waals surface area contributed by atoms with Gasteiger partial charge in [-0.25, -0.2) is 4.98 Å². The molecule has 6 heteroatoms. The van der Waals surface area contributed by atoms with Crippen molar-refractivity contribution in [2.75, 3.05) is 13.2 Å². The molecule has 0 aliphatic rings. The Morgan fingerprint density at radius 1 is 1.33 bits per heavy atom. The molecular weight excluding hydrogens is 322 g/mol. The molecule has 0 aliphatic carbocycles. The monoisotopic (exact) mass is 343 g/mol. The summed E-state index contributed by atoms with van der Waals surface area (Å²) in [6.07, 6.45) is 2.94. The number of benzene rings is 1. The van der Waals surface area contributed by atoms with Crippen LogP contribution in [0.2, 0.25) is 0 Å². The number of nitrogens with zero attached hydrogens (tertiary/aromatic N) is 2. The van der Waals surface area contributed by atoms with Gasteiger partial charge in [0, 0.05) is 30.3 Å². The van der Waals surface area contributed by atoms with Gasteiger partial charge in [0.25, 0.3) is 5.91 Å². The Hall–Kier alpha value is -2.18. The standard InChI is InChI=1S/C18H21N3O2S/c1-13(2)23-10-6-9-19-17(22)16-12-24-18-20-15(11-21(16)18)14-7-4-3-5-8-14/h3-5,7-8,11-13H,6,9-10H2,1-2H3,(H,19,22). The van der Waals surface area contributed by atoms with Gasteiger partial charge in [0.05, 0.1) is 11.8 Å². The molecule has 0 saturated carbocycles. The molecule has 1 N–H and O–H groups in total. The van der Waals surface area contributed by atoms with Crippen molar-refractivity contribution < 1.29 is 9.53 Å². The SMILES string of the molecule is CC(C)OCCCNC(=O)c1csc2nc(-c3ccccc3)cn12. The summed E-state index contributed by atoms with van der Waals surface area (Å²) in [6, 6.07) is 9.97. The van der Waals surface area contributed by atoms with E-state index in [9.17, 15) is 4.79 Å². The van der Waals surface area contributed by atoms with E-state index in [1.54, 1.807) is 0 Å². The Bertz CT molecular complexity index is 808. The molecule has 2 heterocycles. The molecule has 1 amide bonds. The van der Waals surface area contributed by atoms with Gasteiger partial charge in [0.2, 0.25) is 0 Å². The first-order valence-corrected chi connectivity index (χ1v) is 8.95. The van der Waals surface area contributed by atoms with E-state index < -0.39 is 0 Å². The number of hydrogen-bond acceptors (Lipinski definition) is 4. The van der Waals surface area contributed by atoms with Crippen molar-refractivity contribution >= 4 is 22.2 Å². The Morgan fingerprint density at radius 3 is 2.88 bits per heavy atom. The van der Waals surface area contributed by atoms with Crippen LogP contribution in [0.5, 0.6) is 0 Å². The van der Waals surface area contributed by atoms with Gasteiger partial charge in [-0.05, 0) is 20.3 Å². The van der Waals surface area contributed by atoms with Crippen LogP contribution in [0, 0.1) is 0 Å². The predicted octanol–water partition coefficient (Wildman–Crippen LogP) is 3.61. The lowest BCUT2D eigenvalue weighted by Gasteiger charge is -2.07. The summed E-state index contributed by atoms with van der Waals surface area (Å²) in [5.74, 6) is -0.0807. The van der Waals surface area contributed by atoms with Gasteiger partial charge in [-0.1, -0.05) is 30.3 Å². The average molecular weight is 343 g/mol. The number of imidazole rings is 1. The molecule has 24 heavy (non-hydrogen) atoms. The quantitative estimate of drug-likeness (QED) is 0.667. The topological polar surface area (TPSA) is 55.6 Å². The third-order valence-corrected chi connectivity index (χ3v) is 4.41. The van der Waals surface area contributed by atoms with E-state index in [1.165, 1.54) is 11.3 Å². The molecule has 0 atom stereocenters. The van der Waals surface area contributed by atoms with Crippen molar-refractivity contribution in [1.82, 2.24) is 14.7 Å². The molecule has 3 rings (SSSR count). The van der Waals surface area contributed by atoms with Crippen molar-refractivity contribution in [2.45, 2.75) is 26.4 Å². The highest BCUT2D eigenvalue weighted by Crippen LogP contribution is 2.23. The predicted molar refractivity (Wildman–Crippen MR) is 96.5 cm³/mol. The Labute approximate surface area is 145 Å². The number of ether oxygens (including phenoxy) is 1. The van der Waals surface area contributed by atoms with Crippen LogP contribution in [-0.2, 0) is 4.74 Å². The maximum atomic E-state index is 12.4. The van der Waals surface area contributed by atoms with Crippen molar-refractivity contribution in [1.29, 1.82) is 0 Å². The minimum absolute atomic E-state index is 0.0807. The smallest absolute Gasteiger partial charge is 0.269 e. The molecule has 0 fully saturated rings. The maximum Gasteiger partial charge on any atom is 0.269 e. The van der Waals surface area contributed by atoms with E-state index in [0.29, 0.717) is 18.8 Å². The third kappa shape index (κ3) is 3.83. The van der Waals surface area contributed by atoms with Crippen LogP contribution < -0.4 is 5.32 Å². The fourth-order valence-corrected chi connectivity index (χ4v) is 3.23. The Balaban J connectivity index is 1.66. The summed E-state index contributed by atoms with van der Waals surface area (Å²) in [4.78, 5) is 17.8. The first kappa shape index (κ1) is 16.7. The second-order valence-corrected chi connectivity index (χ2v) is 6.63. The fraction of sp³-hybridized carbons (Fsp3) is 0.333. The fourth-order valence-electron chi connectivity index (χ4n) is 2.38. The summed E-state index contributed by atoms with van der Waals surface area (Å²) in [5.41, 5.74) is 2.54. The van der Waals surface area contributed by atoms with Gasteiger partial charge in [0.15, 0.2) is 4.96 Å². The van der Waals surface area contributed by atoms with E-state index in [-0.39, 0.29) is 12.0 Å². The zero-order chi connectivity index (χ0) is 16.9. The van der Waals surface area contributed by atoms with E-state index in [1.807, 2.05) is 60.2 Å². The van der Waals surface area contributed by atoms with Crippen molar-refractivity contribution in [3.05, 3.63) is 47.6 Å². The van der Waals surface area contributed by atoms with Crippen LogP contribution >= 0.6 is 11.3 Å². The summed E-state index contributed by atoms with van der Waals surface area (Å²) in [6.45, 7) is 5.26. The van der Waals surface area contributed by atoms with Crippen LogP contribution in [0.1, 0.15) is 30.8 Å². The minimum atomic E-state index is -0.0807. The van der Waals surface area contributed by atoms with Crippen LogP contribution in [0.4, 0.5) is 0 Å². The van der Waals surface area contributed by atoms with Crippen LogP contribution in [0.15, 0.2) is 41.9 Å². The molecule has 3 aromatic rings. The molecule has 1 aromatic carbocycles. The van der Waals surface area contributed by atoms with Gasteiger partial charge in [-0.15, -0.1) is 11.3 Å². The number of carbonyl (C=O) groups is 1. The average Bonchev–Trinajstić information content (AvgIpc) is 3.15. The molecule has 5 nitrogen and oxygen atoms in total. The van der Waals surface area contributed by atoms with Crippen LogP contribution in [0.25, 0.3) is 16.2 Å². The molecule has 0 bridgehead atoms. The number of aromatic nitrogens is 2.